The first kappa shape index (κ1) is 10.4. The normalized spacial score (nSPS) is 8.17. The minimum atomic E-state index is -0.459. The zero-order valence-electron chi connectivity index (χ0n) is 6.73. The van der Waals surface area contributed by atoms with Crippen LogP contribution in [0.5, 0.6) is 0 Å². The molecular formula is C7H11N3O2. The van der Waals surface area contributed by atoms with Crippen LogP contribution in [0.2, 0.25) is 0 Å². The van der Waals surface area contributed by atoms with Crippen molar-refractivity contribution in [3.05, 3.63) is 34.4 Å². The number of hydrogen-bond donors (Lipinski definition) is 2. The van der Waals surface area contributed by atoms with Crippen molar-refractivity contribution in [3.8, 4) is 0 Å². The fourth-order valence-corrected chi connectivity index (χ4v) is 0.596. The van der Waals surface area contributed by atoms with Crippen LogP contribution in [0, 0.1) is 10.1 Å². The molecule has 0 aliphatic carbocycles. The molecule has 1 rings (SSSR count). The number of nitro benzene ring substituents is 1. The van der Waals surface area contributed by atoms with E-state index in [0.717, 1.165) is 0 Å². The molecule has 0 radical (unpaired) electrons. The van der Waals surface area contributed by atoms with E-state index < -0.39 is 4.92 Å². The second kappa shape index (κ2) is 5.09. The summed E-state index contributed by atoms with van der Waals surface area (Å²) in [5.74, 6) is 0. The summed E-state index contributed by atoms with van der Waals surface area (Å²) in [6.45, 7) is 0. The molecule has 0 aromatic heterocycles. The highest BCUT2D eigenvalue weighted by molar-refractivity contribution is 5.44. The SMILES string of the molecule is CN.Nc1ccc([N+](=O)[O-])cc1. The van der Waals surface area contributed by atoms with Crippen molar-refractivity contribution >= 4 is 11.4 Å². The quantitative estimate of drug-likeness (QED) is 0.368. The highest BCUT2D eigenvalue weighted by Gasteiger charge is 2.00. The van der Waals surface area contributed by atoms with Gasteiger partial charge in [-0.3, -0.25) is 10.1 Å². The monoisotopic (exact) mass is 169 g/mol. The van der Waals surface area contributed by atoms with Gasteiger partial charge in [-0.1, -0.05) is 0 Å². The Hall–Kier alpha value is -1.62. The zero-order valence-corrected chi connectivity index (χ0v) is 6.73. The molecule has 5 heteroatoms. The molecule has 66 valence electrons. The molecule has 0 fully saturated rings. The van der Waals surface area contributed by atoms with E-state index in [1.54, 1.807) is 0 Å². The van der Waals surface area contributed by atoms with Crippen molar-refractivity contribution in [2.75, 3.05) is 12.8 Å². The van der Waals surface area contributed by atoms with Crippen LogP contribution in [0.3, 0.4) is 0 Å². The minimum absolute atomic E-state index is 0.0641. The van der Waals surface area contributed by atoms with Gasteiger partial charge in [0.05, 0.1) is 4.92 Å². The molecule has 1 aromatic rings. The van der Waals surface area contributed by atoms with Crippen molar-refractivity contribution < 1.29 is 4.92 Å². The lowest BCUT2D eigenvalue weighted by Crippen LogP contribution is -1.88. The molecule has 0 aliphatic rings. The van der Waals surface area contributed by atoms with Gasteiger partial charge in [0.15, 0.2) is 0 Å². The van der Waals surface area contributed by atoms with Gasteiger partial charge in [-0.2, -0.15) is 0 Å². The summed E-state index contributed by atoms with van der Waals surface area (Å²) in [4.78, 5) is 9.62. The fourth-order valence-electron chi connectivity index (χ4n) is 0.596. The maximum atomic E-state index is 10.1. The Bertz CT molecular complexity index is 245. The van der Waals surface area contributed by atoms with Gasteiger partial charge < -0.3 is 11.5 Å². The first-order chi connectivity index (χ1) is 5.70. The highest BCUT2D eigenvalue weighted by atomic mass is 16.6. The lowest BCUT2D eigenvalue weighted by molar-refractivity contribution is -0.384. The number of rotatable bonds is 1. The molecule has 4 N–H and O–H groups in total. The topological polar surface area (TPSA) is 95.2 Å². The van der Waals surface area contributed by atoms with Crippen LogP contribution in [0.1, 0.15) is 0 Å². The second-order valence-electron chi connectivity index (χ2n) is 1.85. The summed E-state index contributed by atoms with van der Waals surface area (Å²) in [6, 6.07) is 5.74. The Kier molecular flexibility index (Phi) is 4.40. The third-order valence-electron chi connectivity index (χ3n) is 1.10. The minimum Gasteiger partial charge on any atom is -0.399 e. The largest absolute Gasteiger partial charge is 0.399 e. The van der Waals surface area contributed by atoms with E-state index in [1.807, 2.05) is 0 Å². The molecule has 0 saturated heterocycles. The average molecular weight is 169 g/mol. The van der Waals surface area contributed by atoms with E-state index in [4.69, 9.17) is 5.73 Å². The van der Waals surface area contributed by atoms with Crippen LogP contribution in [-0.4, -0.2) is 12.0 Å². The molecule has 12 heavy (non-hydrogen) atoms. The average Bonchev–Trinajstić information content (AvgIpc) is 2.09. The van der Waals surface area contributed by atoms with Gasteiger partial charge in [0.1, 0.15) is 0 Å². The predicted molar refractivity (Wildman–Crippen MR) is 47.6 cm³/mol. The summed E-state index contributed by atoms with van der Waals surface area (Å²) in [7, 11) is 1.50. The summed E-state index contributed by atoms with van der Waals surface area (Å²) in [5.41, 5.74) is 10.4. The first-order valence-electron chi connectivity index (χ1n) is 3.28. The van der Waals surface area contributed by atoms with E-state index in [9.17, 15) is 10.1 Å². The molecule has 0 atom stereocenters. The number of hydrogen-bond acceptors (Lipinski definition) is 4. The highest BCUT2D eigenvalue weighted by Crippen LogP contribution is 2.11. The summed E-state index contributed by atoms with van der Waals surface area (Å²) in [5, 5.41) is 10.1. The van der Waals surface area contributed by atoms with Crippen LogP contribution in [0.15, 0.2) is 24.3 Å². The zero-order chi connectivity index (χ0) is 9.56. The smallest absolute Gasteiger partial charge is 0.269 e. The number of nitrogen functional groups attached to an aromatic ring is 1. The van der Waals surface area contributed by atoms with Crippen molar-refractivity contribution in [1.29, 1.82) is 0 Å². The molecule has 5 nitrogen and oxygen atoms in total. The second-order valence-corrected chi connectivity index (χ2v) is 1.85. The third-order valence-corrected chi connectivity index (χ3v) is 1.10. The van der Waals surface area contributed by atoms with Gasteiger partial charge in [0.2, 0.25) is 0 Å². The number of non-ortho nitro benzene ring substituents is 1. The van der Waals surface area contributed by atoms with E-state index >= 15 is 0 Å². The standard InChI is InChI=1S/C6H6N2O2.CH5N/c7-5-1-3-6(4-2-5)8(9)10;1-2/h1-4H,7H2;2H2,1H3. The van der Waals surface area contributed by atoms with E-state index in [1.165, 1.54) is 31.3 Å². The van der Waals surface area contributed by atoms with Gasteiger partial charge in [-0.05, 0) is 19.2 Å². The van der Waals surface area contributed by atoms with Gasteiger partial charge in [0.25, 0.3) is 5.69 Å². The number of nitro groups is 1. The fraction of sp³-hybridized carbons (Fsp3) is 0.143. The number of nitrogens with two attached hydrogens (primary N) is 2. The Morgan fingerprint density at radius 2 is 1.67 bits per heavy atom. The first-order valence-corrected chi connectivity index (χ1v) is 3.28. The van der Waals surface area contributed by atoms with Gasteiger partial charge in [0, 0.05) is 17.8 Å². The van der Waals surface area contributed by atoms with Crippen LogP contribution in [-0.2, 0) is 0 Å². The van der Waals surface area contributed by atoms with E-state index in [2.05, 4.69) is 5.73 Å². The maximum absolute atomic E-state index is 10.1. The molecule has 0 aliphatic heterocycles. The summed E-state index contributed by atoms with van der Waals surface area (Å²) < 4.78 is 0. The summed E-state index contributed by atoms with van der Waals surface area (Å²) >= 11 is 0. The molecule has 0 saturated carbocycles. The number of nitrogens with zero attached hydrogens (tertiary/aromatic N) is 1. The van der Waals surface area contributed by atoms with E-state index in [0.29, 0.717) is 5.69 Å². The Balaban J connectivity index is 0.000000561. The Labute approximate surface area is 70.1 Å². The van der Waals surface area contributed by atoms with Crippen LogP contribution in [0.25, 0.3) is 0 Å². The number of benzene rings is 1. The van der Waals surface area contributed by atoms with E-state index in [-0.39, 0.29) is 5.69 Å². The Morgan fingerprint density at radius 1 is 1.25 bits per heavy atom. The molecule has 0 unspecified atom stereocenters. The van der Waals surface area contributed by atoms with Crippen molar-refractivity contribution in [2.24, 2.45) is 5.73 Å². The molecule has 1 aromatic carbocycles. The van der Waals surface area contributed by atoms with Crippen LogP contribution >= 0.6 is 0 Å². The molecule has 0 spiro atoms. The molecular weight excluding hydrogens is 158 g/mol. The van der Waals surface area contributed by atoms with Crippen LogP contribution < -0.4 is 11.5 Å². The van der Waals surface area contributed by atoms with Crippen molar-refractivity contribution in [3.63, 3.8) is 0 Å². The van der Waals surface area contributed by atoms with Gasteiger partial charge in [-0.25, -0.2) is 0 Å². The Morgan fingerprint density at radius 3 is 2.00 bits per heavy atom. The van der Waals surface area contributed by atoms with Gasteiger partial charge >= 0.3 is 0 Å². The molecule has 0 amide bonds. The predicted octanol–water partition coefficient (Wildman–Crippen LogP) is 0.752. The maximum Gasteiger partial charge on any atom is 0.269 e. The summed E-state index contributed by atoms with van der Waals surface area (Å²) in [6.07, 6.45) is 0. The van der Waals surface area contributed by atoms with Crippen LogP contribution in [0.4, 0.5) is 11.4 Å². The molecule has 0 heterocycles. The lowest BCUT2D eigenvalue weighted by Gasteiger charge is -1.90. The van der Waals surface area contributed by atoms with Crippen molar-refractivity contribution in [2.45, 2.75) is 0 Å². The van der Waals surface area contributed by atoms with Gasteiger partial charge in [-0.15, -0.1) is 0 Å². The molecule has 0 bridgehead atoms. The lowest BCUT2D eigenvalue weighted by atomic mass is 10.3. The third kappa shape index (κ3) is 2.98. The van der Waals surface area contributed by atoms with Crippen molar-refractivity contribution in [1.82, 2.24) is 0 Å². The number of anilines is 1.